The molecular weight excluding hydrogens is 344 g/mol. The summed E-state index contributed by atoms with van der Waals surface area (Å²) in [5.41, 5.74) is 1.98. The van der Waals surface area contributed by atoms with Crippen molar-refractivity contribution >= 4 is 49.0 Å². The predicted molar refractivity (Wildman–Crippen MR) is 84.9 cm³/mol. The molecule has 2 heterocycles. The Hall–Kier alpha value is -0.970. The van der Waals surface area contributed by atoms with Crippen molar-refractivity contribution < 1.29 is 0 Å². The first-order chi connectivity index (χ1) is 9.20. The Kier molecular flexibility index (Phi) is 3.56. The smallest absolute Gasteiger partial charge is 0.162 e. The normalized spacial score (nSPS) is 11.1. The molecule has 2 nitrogen and oxygen atoms in total. The van der Waals surface area contributed by atoms with Gasteiger partial charge in [-0.3, -0.25) is 0 Å². The van der Waals surface area contributed by atoms with E-state index in [1.165, 1.54) is 10.1 Å². The van der Waals surface area contributed by atoms with Crippen molar-refractivity contribution in [2.75, 3.05) is 0 Å². The molecule has 3 rings (SSSR count). The van der Waals surface area contributed by atoms with Crippen LogP contribution in [0.3, 0.4) is 0 Å². The van der Waals surface area contributed by atoms with Crippen LogP contribution in [0.4, 0.5) is 0 Å². The summed E-state index contributed by atoms with van der Waals surface area (Å²) in [6, 6.07) is 8.26. The molecule has 0 aliphatic heterocycles. The molecule has 96 valence electrons. The average molecular weight is 354 g/mol. The molecular formula is C14H10BrClN2S. The van der Waals surface area contributed by atoms with Gasteiger partial charge in [0.05, 0.1) is 10.2 Å². The van der Waals surface area contributed by atoms with Crippen LogP contribution in [0.5, 0.6) is 0 Å². The molecule has 0 saturated heterocycles. The van der Waals surface area contributed by atoms with Gasteiger partial charge in [-0.15, -0.1) is 11.3 Å². The van der Waals surface area contributed by atoms with Crippen molar-refractivity contribution in [3.63, 3.8) is 0 Å². The molecule has 0 saturated carbocycles. The fourth-order valence-corrected chi connectivity index (χ4v) is 3.55. The number of benzene rings is 1. The summed E-state index contributed by atoms with van der Waals surface area (Å²) in [6.45, 7) is 2.05. The molecule has 0 bridgehead atoms. The van der Waals surface area contributed by atoms with E-state index in [1.54, 1.807) is 11.3 Å². The van der Waals surface area contributed by atoms with Gasteiger partial charge >= 0.3 is 0 Å². The Morgan fingerprint density at radius 3 is 2.84 bits per heavy atom. The molecule has 0 fully saturated rings. The van der Waals surface area contributed by atoms with Crippen molar-refractivity contribution in [3.8, 4) is 11.4 Å². The van der Waals surface area contributed by atoms with E-state index >= 15 is 0 Å². The zero-order valence-corrected chi connectivity index (χ0v) is 13.3. The van der Waals surface area contributed by atoms with E-state index in [0.717, 1.165) is 22.2 Å². The highest BCUT2D eigenvalue weighted by atomic mass is 79.9. The maximum Gasteiger partial charge on any atom is 0.162 e. The summed E-state index contributed by atoms with van der Waals surface area (Å²) in [6.07, 6.45) is 0.817. The topological polar surface area (TPSA) is 25.8 Å². The molecule has 2 aromatic heterocycles. The molecule has 19 heavy (non-hydrogen) atoms. The quantitative estimate of drug-likeness (QED) is 0.581. The van der Waals surface area contributed by atoms with Crippen molar-refractivity contribution in [3.05, 3.63) is 45.0 Å². The van der Waals surface area contributed by atoms with Gasteiger partial charge in [-0.2, -0.15) is 0 Å². The van der Waals surface area contributed by atoms with Gasteiger partial charge in [0.25, 0.3) is 0 Å². The van der Waals surface area contributed by atoms with E-state index in [1.807, 2.05) is 12.1 Å². The van der Waals surface area contributed by atoms with E-state index in [0.29, 0.717) is 11.0 Å². The van der Waals surface area contributed by atoms with Crippen LogP contribution >= 0.6 is 38.9 Å². The van der Waals surface area contributed by atoms with Gasteiger partial charge in [-0.1, -0.05) is 36.7 Å². The molecule has 5 heteroatoms. The molecule has 0 aliphatic rings. The fraction of sp³-hybridized carbons (Fsp3) is 0.143. The lowest BCUT2D eigenvalue weighted by molar-refractivity contribution is 0.992. The highest BCUT2D eigenvalue weighted by Crippen LogP contribution is 2.34. The van der Waals surface area contributed by atoms with Gasteiger partial charge in [0.2, 0.25) is 0 Å². The third-order valence-corrected chi connectivity index (χ3v) is 5.23. The zero-order chi connectivity index (χ0) is 13.4. The summed E-state index contributed by atoms with van der Waals surface area (Å²) in [4.78, 5) is 9.00. The third-order valence-electron chi connectivity index (χ3n) is 2.94. The van der Waals surface area contributed by atoms with E-state index in [9.17, 15) is 0 Å². The Labute approximate surface area is 128 Å². The molecule has 0 unspecified atom stereocenters. The number of fused-ring (bicyclic) bond motifs is 1. The van der Waals surface area contributed by atoms with E-state index in [-0.39, 0.29) is 0 Å². The number of aryl methyl sites for hydroxylation is 1. The largest absolute Gasteiger partial charge is 0.232 e. The second-order valence-electron chi connectivity index (χ2n) is 4.10. The number of thiophene rings is 1. The van der Waals surface area contributed by atoms with Crippen molar-refractivity contribution in [2.24, 2.45) is 0 Å². The summed E-state index contributed by atoms with van der Waals surface area (Å²) in [5.74, 6) is 0.697. The first-order valence-electron chi connectivity index (χ1n) is 5.89. The minimum absolute atomic E-state index is 0.470. The van der Waals surface area contributed by atoms with Gasteiger partial charge in [-0.25, -0.2) is 9.97 Å². The number of nitrogens with zero attached hydrogens (tertiary/aromatic N) is 2. The molecule has 3 aromatic rings. The molecule has 1 aromatic carbocycles. The molecule has 0 radical (unpaired) electrons. The predicted octanol–water partition coefficient (Wildman–Crippen LogP) is 5.34. The monoisotopic (exact) mass is 352 g/mol. The van der Waals surface area contributed by atoms with Crippen LogP contribution in [-0.2, 0) is 6.42 Å². The minimum Gasteiger partial charge on any atom is -0.232 e. The molecule has 0 atom stereocenters. The zero-order valence-electron chi connectivity index (χ0n) is 10.2. The standard InChI is InChI=1S/C14H10BrClN2S/c1-2-10-12(15)13(16)18-14(17-10)9-7-19-11-6-4-3-5-8(9)11/h3-7H,2H2,1H3. The van der Waals surface area contributed by atoms with Crippen molar-refractivity contribution in [1.29, 1.82) is 0 Å². The van der Waals surface area contributed by atoms with Gasteiger partial charge in [0.1, 0.15) is 5.15 Å². The minimum atomic E-state index is 0.470. The van der Waals surface area contributed by atoms with Crippen LogP contribution in [0.15, 0.2) is 34.1 Å². The lowest BCUT2D eigenvalue weighted by Gasteiger charge is -2.06. The fourth-order valence-electron chi connectivity index (χ4n) is 1.97. The van der Waals surface area contributed by atoms with Gasteiger partial charge in [-0.05, 0) is 28.4 Å². The summed E-state index contributed by atoms with van der Waals surface area (Å²) in [5, 5.41) is 3.73. The van der Waals surface area contributed by atoms with Gasteiger partial charge < -0.3 is 0 Å². The summed E-state index contributed by atoms with van der Waals surface area (Å²) in [7, 11) is 0. The van der Waals surface area contributed by atoms with Gasteiger partial charge in [0, 0.05) is 21.0 Å². The van der Waals surface area contributed by atoms with Crippen LogP contribution in [0, 0.1) is 0 Å². The molecule has 0 N–H and O–H groups in total. The Morgan fingerprint density at radius 2 is 2.05 bits per heavy atom. The second kappa shape index (κ2) is 5.19. The first kappa shape index (κ1) is 13.0. The number of halogens is 2. The maximum absolute atomic E-state index is 6.17. The third kappa shape index (κ3) is 2.29. The lowest BCUT2D eigenvalue weighted by atomic mass is 10.1. The lowest BCUT2D eigenvalue weighted by Crippen LogP contribution is -1.97. The van der Waals surface area contributed by atoms with Crippen LogP contribution in [0.25, 0.3) is 21.5 Å². The highest BCUT2D eigenvalue weighted by Gasteiger charge is 2.13. The first-order valence-corrected chi connectivity index (χ1v) is 7.94. The maximum atomic E-state index is 6.17. The number of rotatable bonds is 2. The number of aromatic nitrogens is 2. The average Bonchev–Trinajstić information content (AvgIpc) is 2.85. The van der Waals surface area contributed by atoms with Crippen LogP contribution < -0.4 is 0 Å². The molecule has 0 aliphatic carbocycles. The van der Waals surface area contributed by atoms with E-state index in [4.69, 9.17) is 11.6 Å². The number of hydrogen-bond donors (Lipinski definition) is 0. The molecule has 0 spiro atoms. The molecule has 0 amide bonds. The summed E-state index contributed by atoms with van der Waals surface area (Å²) < 4.78 is 2.03. The van der Waals surface area contributed by atoms with Crippen LogP contribution in [-0.4, -0.2) is 9.97 Å². The van der Waals surface area contributed by atoms with Crippen LogP contribution in [0.1, 0.15) is 12.6 Å². The Bertz CT molecular complexity index is 754. The van der Waals surface area contributed by atoms with E-state index in [2.05, 4.69) is 50.3 Å². The summed E-state index contributed by atoms with van der Waals surface area (Å²) >= 11 is 11.3. The van der Waals surface area contributed by atoms with Crippen molar-refractivity contribution in [1.82, 2.24) is 9.97 Å². The van der Waals surface area contributed by atoms with Gasteiger partial charge in [0.15, 0.2) is 5.82 Å². The number of hydrogen-bond acceptors (Lipinski definition) is 3. The Balaban J connectivity index is 2.24. The van der Waals surface area contributed by atoms with Crippen LogP contribution in [0.2, 0.25) is 5.15 Å². The second-order valence-corrected chi connectivity index (χ2v) is 6.16. The highest BCUT2D eigenvalue weighted by molar-refractivity contribution is 9.10. The SMILES string of the molecule is CCc1nc(-c2csc3ccccc23)nc(Cl)c1Br. The van der Waals surface area contributed by atoms with E-state index < -0.39 is 0 Å². The Morgan fingerprint density at radius 1 is 1.26 bits per heavy atom. The van der Waals surface area contributed by atoms with Crippen molar-refractivity contribution in [2.45, 2.75) is 13.3 Å².